The number of carbonyl (C=O) groups excluding carboxylic acids is 1. The molecule has 0 radical (unpaired) electrons. The van der Waals surface area contributed by atoms with Gasteiger partial charge in [0.1, 0.15) is 0 Å². The van der Waals surface area contributed by atoms with Crippen LogP contribution in [0, 0.1) is 5.92 Å². The summed E-state index contributed by atoms with van der Waals surface area (Å²) in [4.78, 5) is 10.4. The van der Waals surface area contributed by atoms with E-state index in [0.717, 1.165) is 18.6 Å². The topological polar surface area (TPSA) is 67.5 Å². The molecule has 1 unspecified atom stereocenters. The maximum absolute atomic E-state index is 10.4. The Labute approximate surface area is 72.2 Å². The molecule has 2 amide bonds. The largest absolute Gasteiger partial charge is 0.350 e. The van der Waals surface area contributed by atoms with Gasteiger partial charge in [0.15, 0.2) is 0 Å². The Hall–Kier alpha value is -1.06. The van der Waals surface area contributed by atoms with E-state index in [-0.39, 0.29) is 0 Å². The molecule has 1 atom stereocenters. The van der Waals surface area contributed by atoms with Crippen LogP contribution in [0.2, 0.25) is 0 Å². The second-order valence-corrected chi connectivity index (χ2v) is 3.08. The zero-order valence-electron chi connectivity index (χ0n) is 7.34. The van der Waals surface area contributed by atoms with Gasteiger partial charge in [0, 0.05) is 5.71 Å². The number of hydrogen-bond donors (Lipinski definition) is 2. The van der Waals surface area contributed by atoms with Crippen molar-refractivity contribution in [3.63, 3.8) is 0 Å². The number of nitrogens with two attached hydrogens (primary N) is 1. The minimum absolute atomic E-state index is 0.553. The summed E-state index contributed by atoms with van der Waals surface area (Å²) in [6, 6.07) is -0.579. The second kappa shape index (κ2) is 4.09. The number of rotatable bonds is 2. The number of nitrogens with one attached hydrogen (secondary N) is 1. The molecular formula is C8H15N3O. The van der Waals surface area contributed by atoms with E-state index in [1.807, 2.05) is 0 Å². The zero-order chi connectivity index (χ0) is 8.97. The molecule has 4 heteroatoms. The van der Waals surface area contributed by atoms with E-state index in [0.29, 0.717) is 5.92 Å². The van der Waals surface area contributed by atoms with Crippen LogP contribution < -0.4 is 11.2 Å². The smallest absolute Gasteiger partial charge is 0.332 e. The Morgan fingerprint density at radius 2 is 2.58 bits per heavy atom. The van der Waals surface area contributed by atoms with Gasteiger partial charge in [-0.1, -0.05) is 6.92 Å². The molecular weight excluding hydrogens is 154 g/mol. The summed E-state index contributed by atoms with van der Waals surface area (Å²) in [7, 11) is 0. The normalized spacial score (nSPS) is 26.1. The van der Waals surface area contributed by atoms with Gasteiger partial charge in [-0.2, -0.15) is 5.10 Å². The molecule has 1 aliphatic rings. The fourth-order valence-electron chi connectivity index (χ4n) is 1.61. The Bertz CT molecular complexity index is 200. The summed E-state index contributed by atoms with van der Waals surface area (Å²) in [6.07, 6.45) is 4.46. The van der Waals surface area contributed by atoms with Gasteiger partial charge in [0.2, 0.25) is 0 Å². The number of nitrogens with zero attached hydrogens (tertiary/aromatic N) is 1. The fourth-order valence-corrected chi connectivity index (χ4v) is 1.61. The van der Waals surface area contributed by atoms with Gasteiger partial charge in [-0.3, -0.25) is 0 Å². The molecule has 1 fully saturated rings. The minimum Gasteiger partial charge on any atom is -0.350 e. The van der Waals surface area contributed by atoms with Crippen LogP contribution in [0.4, 0.5) is 4.79 Å². The van der Waals surface area contributed by atoms with Crippen LogP contribution >= 0.6 is 0 Å². The van der Waals surface area contributed by atoms with E-state index in [1.165, 1.54) is 12.8 Å². The van der Waals surface area contributed by atoms with E-state index >= 15 is 0 Å². The lowest BCUT2D eigenvalue weighted by atomic mass is 10.0. The number of hydrogen-bond acceptors (Lipinski definition) is 2. The first kappa shape index (κ1) is 9.03. The Balaban J connectivity index is 2.48. The van der Waals surface area contributed by atoms with Gasteiger partial charge in [-0.05, 0) is 31.6 Å². The number of primary amides is 1. The lowest BCUT2D eigenvalue weighted by Gasteiger charge is -2.06. The molecule has 3 N–H and O–H groups in total. The second-order valence-electron chi connectivity index (χ2n) is 3.08. The van der Waals surface area contributed by atoms with Crippen LogP contribution in [-0.2, 0) is 0 Å². The van der Waals surface area contributed by atoms with Crippen LogP contribution in [0.5, 0.6) is 0 Å². The van der Waals surface area contributed by atoms with Gasteiger partial charge in [0.25, 0.3) is 0 Å². The summed E-state index contributed by atoms with van der Waals surface area (Å²) in [6.45, 7) is 2.13. The molecule has 1 saturated carbocycles. The predicted molar refractivity (Wildman–Crippen MR) is 47.8 cm³/mol. The molecule has 12 heavy (non-hydrogen) atoms. The van der Waals surface area contributed by atoms with Crippen LogP contribution in [0.3, 0.4) is 0 Å². The van der Waals surface area contributed by atoms with Crippen molar-refractivity contribution in [3.8, 4) is 0 Å². The first-order chi connectivity index (χ1) is 5.74. The first-order valence-electron chi connectivity index (χ1n) is 4.36. The van der Waals surface area contributed by atoms with Gasteiger partial charge >= 0.3 is 6.03 Å². The van der Waals surface area contributed by atoms with Gasteiger partial charge in [-0.25, -0.2) is 10.2 Å². The molecule has 0 saturated heterocycles. The quantitative estimate of drug-likeness (QED) is 0.599. The minimum atomic E-state index is -0.579. The number of hydrazone groups is 1. The highest BCUT2D eigenvalue weighted by atomic mass is 16.2. The van der Waals surface area contributed by atoms with Crippen molar-refractivity contribution in [2.75, 3.05) is 0 Å². The molecule has 0 spiro atoms. The fraction of sp³-hybridized carbons (Fsp3) is 0.750. The third kappa shape index (κ3) is 2.22. The Morgan fingerprint density at radius 3 is 3.17 bits per heavy atom. The average Bonchev–Trinajstić information content (AvgIpc) is 2.47. The van der Waals surface area contributed by atoms with E-state index < -0.39 is 6.03 Å². The summed E-state index contributed by atoms with van der Waals surface area (Å²) >= 11 is 0. The summed E-state index contributed by atoms with van der Waals surface area (Å²) in [5, 5.41) is 3.97. The van der Waals surface area contributed by atoms with E-state index in [9.17, 15) is 4.79 Å². The summed E-state index contributed by atoms with van der Waals surface area (Å²) < 4.78 is 0. The molecule has 0 aromatic heterocycles. The molecule has 1 rings (SSSR count). The lowest BCUT2D eigenvalue weighted by molar-refractivity contribution is 0.249. The third-order valence-corrected chi connectivity index (χ3v) is 2.26. The number of amides is 2. The molecule has 0 aromatic rings. The maximum Gasteiger partial charge on any atom is 0.332 e. The Morgan fingerprint density at radius 1 is 1.83 bits per heavy atom. The van der Waals surface area contributed by atoms with Gasteiger partial charge in [-0.15, -0.1) is 0 Å². The summed E-state index contributed by atoms with van der Waals surface area (Å²) in [5.74, 6) is 0.553. The molecule has 0 heterocycles. The molecule has 68 valence electrons. The molecule has 1 aliphatic carbocycles. The molecule has 0 bridgehead atoms. The van der Waals surface area contributed by atoms with Crippen molar-refractivity contribution < 1.29 is 4.79 Å². The summed E-state index contributed by atoms with van der Waals surface area (Å²) in [5.41, 5.74) is 8.27. The molecule has 0 aromatic carbocycles. The lowest BCUT2D eigenvalue weighted by Crippen LogP contribution is -2.26. The predicted octanol–water partition coefficient (Wildman–Crippen LogP) is 1.22. The monoisotopic (exact) mass is 169 g/mol. The van der Waals surface area contributed by atoms with E-state index in [4.69, 9.17) is 5.73 Å². The molecule has 0 aliphatic heterocycles. The van der Waals surface area contributed by atoms with Gasteiger partial charge in [0.05, 0.1) is 0 Å². The zero-order valence-corrected chi connectivity index (χ0v) is 7.34. The third-order valence-electron chi connectivity index (χ3n) is 2.26. The van der Waals surface area contributed by atoms with Crippen LogP contribution in [-0.4, -0.2) is 11.7 Å². The average molecular weight is 169 g/mol. The van der Waals surface area contributed by atoms with E-state index in [1.54, 1.807) is 0 Å². The van der Waals surface area contributed by atoms with Crippen molar-refractivity contribution in [1.82, 2.24) is 5.43 Å². The first-order valence-corrected chi connectivity index (χ1v) is 4.36. The van der Waals surface area contributed by atoms with Crippen molar-refractivity contribution in [2.45, 2.75) is 32.6 Å². The standard InChI is InChI=1S/C8H15N3O/c1-2-6-4-3-5-7(6)10-11-8(9)12/h6H,2-5H2,1H3,(H3,9,11,12)/b10-7+. The van der Waals surface area contributed by atoms with Crippen molar-refractivity contribution in [2.24, 2.45) is 16.8 Å². The van der Waals surface area contributed by atoms with Crippen LogP contribution in [0.15, 0.2) is 5.10 Å². The van der Waals surface area contributed by atoms with Crippen LogP contribution in [0.1, 0.15) is 32.6 Å². The highest BCUT2D eigenvalue weighted by Gasteiger charge is 2.20. The van der Waals surface area contributed by atoms with Crippen molar-refractivity contribution in [3.05, 3.63) is 0 Å². The number of carbonyl (C=O) groups is 1. The van der Waals surface area contributed by atoms with Crippen molar-refractivity contribution in [1.29, 1.82) is 0 Å². The van der Waals surface area contributed by atoms with Crippen LogP contribution in [0.25, 0.3) is 0 Å². The Kier molecular flexibility index (Phi) is 3.08. The number of urea groups is 1. The van der Waals surface area contributed by atoms with E-state index in [2.05, 4.69) is 17.5 Å². The molecule has 4 nitrogen and oxygen atoms in total. The maximum atomic E-state index is 10.4. The SMILES string of the molecule is CCC1CCC/C1=N\NC(N)=O. The highest BCUT2D eigenvalue weighted by Crippen LogP contribution is 2.24. The van der Waals surface area contributed by atoms with Gasteiger partial charge < -0.3 is 5.73 Å². The van der Waals surface area contributed by atoms with Crippen molar-refractivity contribution >= 4 is 11.7 Å². The highest BCUT2D eigenvalue weighted by molar-refractivity contribution is 5.89.